The molecule has 1 saturated heterocycles. The van der Waals surface area contributed by atoms with Crippen molar-refractivity contribution in [3.8, 4) is 0 Å². The number of nitrogens with one attached hydrogen (secondary N) is 2. The summed E-state index contributed by atoms with van der Waals surface area (Å²) in [7, 11) is 0. The Morgan fingerprint density at radius 1 is 1.02 bits per heavy atom. The lowest BCUT2D eigenvalue weighted by molar-refractivity contribution is -0.133. The largest absolute Gasteiger partial charge is 0.341 e. The Morgan fingerprint density at radius 2 is 1.80 bits per heavy atom. The van der Waals surface area contributed by atoms with Crippen molar-refractivity contribution in [1.29, 1.82) is 0 Å². The molecule has 1 atom stereocenters. The minimum Gasteiger partial charge on any atom is -0.341 e. The highest BCUT2D eigenvalue weighted by Crippen LogP contribution is 2.30. The number of imide groups is 1. The summed E-state index contributed by atoms with van der Waals surface area (Å²) in [5.41, 5.74) is 3.85. The second-order valence-electron chi connectivity index (χ2n) is 11.9. The first-order valence-corrected chi connectivity index (χ1v) is 15.4. The molecule has 1 fully saturated rings. The molecule has 45 heavy (non-hydrogen) atoms. The van der Waals surface area contributed by atoms with Crippen LogP contribution >= 0.6 is 0 Å². The Hall–Kier alpha value is -5.06. The van der Waals surface area contributed by atoms with E-state index >= 15 is 0 Å². The topological polar surface area (TPSA) is 134 Å². The number of amides is 5. The lowest BCUT2D eigenvalue weighted by Crippen LogP contribution is -2.40. The smallest absolute Gasteiger partial charge is 0.254 e. The van der Waals surface area contributed by atoms with Crippen LogP contribution in [-0.4, -0.2) is 68.5 Å². The third kappa shape index (κ3) is 6.29. The number of nitrogens with zero attached hydrogens (tertiary/aromatic N) is 4. The Kier molecular flexibility index (Phi) is 8.59. The number of hydrogen-bond acceptors (Lipinski definition) is 6. The molecule has 11 heteroatoms. The number of piperidine rings is 1. The number of benzene rings is 2. The van der Waals surface area contributed by atoms with Crippen LogP contribution in [0.25, 0.3) is 21.9 Å². The summed E-state index contributed by atoms with van der Waals surface area (Å²) in [4.78, 5) is 69.4. The van der Waals surface area contributed by atoms with Gasteiger partial charge in [0.1, 0.15) is 12.2 Å². The second-order valence-corrected chi connectivity index (χ2v) is 11.9. The molecule has 1 unspecified atom stereocenters. The molecular weight excluding hydrogens is 572 g/mol. The lowest BCUT2D eigenvalue weighted by Gasteiger charge is -2.32. The maximum atomic E-state index is 13.3. The van der Waals surface area contributed by atoms with Crippen molar-refractivity contribution in [2.75, 3.05) is 18.4 Å². The molecule has 2 N–H and O–H groups in total. The van der Waals surface area contributed by atoms with E-state index in [0.29, 0.717) is 50.1 Å². The molecule has 0 radical (unpaired) electrons. The van der Waals surface area contributed by atoms with Crippen molar-refractivity contribution < 1.29 is 24.0 Å². The van der Waals surface area contributed by atoms with Crippen molar-refractivity contribution >= 4 is 57.7 Å². The molecule has 0 saturated carbocycles. The van der Waals surface area contributed by atoms with Gasteiger partial charge in [0.15, 0.2) is 0 Å². The predicted molar refractivity (Wildman–Crippen MR) is 169 cm³/mol. The van der Waals surface area contributed by atoms with Crippen LogP contribution in [0.15, 0.2) is 60.8 Å². The van der Waals surface area contributed by atoms with Crippen LogP contribution in [0.2, 0.25) is 0 Å². The van der Waals surface area contributed by atoms with Gasteiger partial charge in [0.25, 0.3) is 5.91 Å². The van der Waals surface area contributed by atoms with E-state index in [2.05, 4.69) is 21.7 Å². The van der Waals surface area contributed by atoms with Crippen LogP contribution in [0, 0.1) is 5.92 Å². The molecular formula is C34H36N6O5. The maximum absolute atomic E-state index is 13.3. The number of anilines is 1. The van der Waals surface area contributed by atoms with Crippen LogP contribution in [0.3, 0.4) is 0 Å². The van der Waals surface area contributed by atoms with Gasteiger partial charge in [-0.05, 0) is 74.1 Å². The van der Waals surface area contributed by atoms with E-state index in [1.807, 2.05) is 52.8 Å². The van der Waals surface area contributed by atoms with E-state index in [-0.39, 0.29) is 48.6 Å². The summed E-state index contributed by atoms with van der Waals surface area (Å²) in [5, 5.41) is 7.21. The zero-order valence-electron chi connectivity index (χ0n) is 25.2. The molecule has 6 rings (SSSR count). The van der Waals surface area contributed by atoms with E-state index < -0.39 is 0 Å². The van der Waals surface area contributed by atoms with Gasteiger partial charge < -0.3 is 19.7 Å². The van der Waals surface area contributed by atoms with Gasteiger partial charge in [0, 0.05) is 66.7 Å². The third-order valence-corrected chi connectivity index (χ3v) is 9.02. The first-order valence-electron chi connectivity index (χ1n) is 15.4. The van der Waals surface area contributed by atoms with Crippen molar-refractivity contribution in [3.05, 3.63) is 71.9 Å². The average molecular weight is 609 g/mol. The number of fused-ring (bicyclic) bond motifs is 4. The summed E-state index contributed by atoms with van der Waals surface area (Å²) in [5.74, 6) is -0.354. The van der Waals surface area contributed by atoms with Crippen molar-refractivity contribution in [3.63, 3.8) is 0 Å². The lowest BCUT2D eigenvalue weighted by atomic mass is 9.93. The highest BCUT2D eigenvalue weighted by molar-refractivity contribution is 6.07. The average Bonchev–Trinajstić information content (AvgIpc) is 3.54. The number of pyridine rings is 1. The minimum atomic E-state index is -0.375. The molecule has 0 aliphatic carbocycles. The molecule has 2 aliphatic heterocycles. The highest BCUT2D eigenvalue weighted by atomic mass is 16.2. The number of rotatable bonds is 10. The summed E-state index contributed by atoms with van der Waals surface area (Å²) in [6.07, 6.45) is 4.55. The Bertz CT molecular complexity index is 1740. The second kappa shape index (κ2) is 12.9. The molecule has 2 aromatic heterocycles. The molecule has 2 aromatic carbocycles. The fourth-order valence-electron chi connectivity index (χ4n) is 6.54. The molecule has 2 aliphatic rings. The van der Waals surface area contributed by atoms with Crippen LogP contribution in [0.5, 0.6) is 0 Å². The molecule has 4 heterocycles. The van der Waals surface area contributed by atoms with Crippen LogP contribution < -0.4 is 10.6 Å². The third-order valence-electron chi connectivity index (χ3n) is 9.02. The molecule has 232 valence electrons. The number of aromatic nitrogens is 2. The summed E-state index contributed by atoms with van der Waals surface area (Å²) >= 11 is 0. The van der Waals surface area contributed by atoms with Gasteiger partial charge in [-0.2, -0.15) is 0 Å². The molecule has 5 amide bonds. The van der Waals surface area contributed by atoms with Gasteiger partial charge in [-0.3, -0.25) is 29.3 Å². The van der Waals surface area contributed by atoms with E-state index in [1.54, 1.807) is 23.2 Å². The zero-order valence-corrected chi connectivity index (χ0v) is 25.2. The first-order chi connectivity index (χ1) is 21.8. The molecule has 4 aromatic rings. The SMILES string of the molecule is CC(CCC(=O)NC=O)N1Cc2cc(NC(=O)CC3CCN(C(=O)Cn4c5ccccc5c5cccnc54)CC3)ccc2C1=O. The first kappa shape index (κ1) is 30.0. The standard InChI is InChI=1S/C34H36N6O5/c1-22(8-11-30(42)36-21-41)39-19-24-18-25(9-10-26(24)34(39)45)37-31(43)17-23-12-15-38(16-13-23)32(44)20-40-29-7-3-2-5-27(29)28-6-4-14-35-33(28)40/h2-7,9-10,14,18,21-23H,8,11-13,15-17,19-20H2,1H3,(H,37,43)(H,36,41,42). The Labute approximate surface area is 260 Å². The van der Waals surface area contributed by atoms with Gasteiger partial charge in [-0.15, -0.1) is 0 Å². The molecule has 11 nitrogen and oxygen atoms in total. The Balaban J connectivity index is 0.998. The predicted octanol–water partition coefficient (Wildman–Crippen LogP) is 3.85. The minimum absolute atomic E-state index is 0.0477. The maximum Gasteiger partial charge on any atom is 0.254 e. The number of para-hydroxylation sites is 1. The van der Waals surface area contributed by atoms with Gasteiger partial charge in [0.2, 0.25) is 24.1 Å². The summed E-state index contributed by atoms with van der Waals surface area (Å²) in [6, 6.07) is 17.1. The van der Waals surface area contributed by atoms with Crippen molar-refractivity contribution in [2.24, 2.45) is 5.92 Å². The Morgan fingerprint density at radius 3 is 2.60 bits per heavy atom. The summed E-state index contributed by atoms with van der Waals surface area (Å²) in [6.45, 7) is 3.70. The van der Waals surface area contributed by atoms with Crippen LogP contribution in [0.4, 0.5) is 5.69 Å². The monoisotopic (exact) mass is 608 g/mol. The normalized spacial score (nSPS) is 15.7. The van der Waals surface area contributed by atoms with Gasteiger partial charge in [0.05, 0.1) is 5.52 Å². The number of carbonyl (C=O) groups excluding carboxylic acids is 5. The number of likely N-dealkylation sites (tertiary alicyclic amines) is 1. The molecule has 0 spiro atoms. The number of hydrogen-bond donors (Lipinski definition) is 2. The van der Waals surface area contributed by atoms with Crippen LogP contribution in [-0.2, 0) is 32.3 Å². The van der Waals surface area contributed by atoms with Gasteiger partial charge in [-0.25, -0.2) is 4.98 Å². The fraction of sp³-hybridized carbons (Fsp3) is 0.353. The zero-order chi connectivity index (χ0) is 31.5. The van der Waals surface area contributed by atoms with Crippen LogP contribution in [0.1, 0.15) is 54.9 Å². The van der Waals surface area contributed by atoms with Crippen molar-refractivity contribution in [2.45, 2.75) is 58.2 Å². The van der Waals surface area contributed by atoms with Gasteiger partial charge >= 0.3 is 0 Å². The summed E-state index contributed by atoms with van der Waals surface area (Å²) < 4.78 is 1.99. The van der Waals surface area contributed by atoms with E-state index in [4.69, 9.17) is 0 Å². The van der Waals surface area contributed by atoms with Crippen molar-refractivity contribution in [1.82, 2.24) is 24.7 Å². The van der Waals surface area contributed by atoms with E-state index in [9.17, 15) is 24.0 Å². The highest BCUT2D eigenvalue weighted by Gasteiger charge is 2.31. The fourth-order valence-corrected chi connectivity index (χ4v) is 6.54. The van der Waals surface area contributed by atoms with E-state index in [0.717, 1.165) is 40.3 Å². The molecule has 0 bridgehead atoms. The van der Waals surface area contributed by atoms with E-state index in [1.165, 1.54) is 0 Å². The number of carbonyl (C=O) groups is 5. The quantitative estimate of drug-likeness (QED) is 0.263. The van der Waals surface area contributed by atoms with Gasteiger partial charge in [-0.1, -0.05) is 18.2 Å².